The third-order valence-corrected chi connectivity index (χ3v) is 2.41. The summed E-state index contributed by atoms with van der Waals surface area (Å²) >= 11 is 0. The van der Waals surface area contributed by atoms with E-state index in [0.717, 1.165) is 0 Å². The number of hydrogen-bond acceptors (Lipinski definition) is 4. The highest BCUT2D eigenvalue weighted by Crippen LogP contribution is 2.23. The molecular weight excluding hydrogens is 158 g/mol. The monoisotopic (exact) mass is 175 g/mol. The zero-order valence-electron chi connectivity index (χ0n) is 7.45. The molecule has 72 valence electrons. The first-order valence-corrected chi connectivity index (χ1v) is 4.24. The normalized spacial score (nSPS) is 36.8. The fraction of sp³-hybridized carbons (Fsp3) is 1.00. The molecule has 0 bridgehead atoms. The van der Waals surface area contributed by atoms with E-state index in [1.54, 1.807) is 7.11 Å². The highest BCUT2D eigenvalue weighted by Gasteiger charge is 2.36. The van der Waals surface area contributed by atoms with Crippen molar-refractivity contribution in [2.45, 2.75) is 24.5 Å². The first kappa shape index (κ1) is 9.92. The van der Waals surface area contributed by atoms with Gasteiger partial charge in [-0.25, -0.2) is 0 Å². The summed E-state index contributed by atoms with van der Waals surface area (Å²) in [5.41, 5.74) is 4.94. The van der Waals surface area contributed by atoms with Crippen LogP contribution in [0.15, 0.2) is 0 Å². The van der Waals surface area contributed by atoms with Gasteiger partial charge in [0.25, 0.3) is 0 Å². The van der Waals surface area contributed by atoms with Crippen LogP contribution in [-0.2, 0) is 9.47 Å². The van der Waals surface area contributed by atoms with Crippen molar-refractivity contribution in [2.24, 2.45) is 5.73 Å². The Hall–Kier alpha value is -0.160. The summed E-state index contributed by atoms with van der Waals surface area (Å²) in [6, 6.07) is -0.276. The molecule has 0 amide bonds. The lowest BCUT2D eigenvalue weighted by Gasteiger charge is -2.37. The van der Waals surface area contributed by atoms with E-state index in [4.69, 9.17) is 15.2 Å². The van der Waals surface area contributed by atoms with E-state index >= 15 is 0 Å². The molecule has 0 radical (unpaired) electrons. The number of nitrogens with two attached hydrogens (primary N) is 1. The first-order chi connectivity index (χ1) is 5.69. The minimum absolute atomic E-state index is 0.276. The summed E-state index contributed by atoms with van der Waals surface area (Å²) in [7, 11) is 1.62. The molecule has 1 fully saturated rings. The van der Waals surface area contributed by atoms with Crippen LogP contribution in [0.2, 0.25) is 0 Å². The zero-order chi connectivity index (χ0) is 9.03. The Labute approximate surface area is 72.6 Å². The molecule has 1 saturated heterocycles. The van der Waals surface area contributed by atoms with Crippen LogP contribution in [0, 0.1) is 0 Å². The third-order valence-electron chi connectivity index (χ3n) is 2.41. The van der Waals surface area contributed by atoms with Crippen molar-refractivity contribution in [3.8, 4) is 0 Å². The van der Waals surface area contributed by atoms with Crippen molar-refractivity contribution in [3.05, 3.63) is 0 Å². The lowest BCUT2D eigenvalue weighted by Crippen LogP contribution is -2.55. The standard InChI is InChI=1S/C8H17NO3/c1-11-4-2-8(10)3-5-12-6-7(8)9/h7,10H,2-6,9H2,1H3. The molecule has 1 aliphatic heterocycles. The van der Waals surface area contributed by atoms with Gasteiger partial charge in [0.1, 0.15) is 0 Å². The van der Waals surface area contributed by atoms with Gasteiger partial charge < -0.3 is 20.3 Å². The Balaban J connectivity index is 2.42. The lowest BCUT2D eigenvalue weighted by atomic mass is 9.87. The van der Waals surface area contributed by atoms with Crippen molar-refractivity contribution in [1.29, 1.82) is 0 Å². The van der Waals surface area contributed by atoms with E-state index in [9.17, 15) is 5.11 Å². The summed E-state index contributed by atoms with van der Waals surface area (Å²) in [5, 5.41) is 9.99. The molecule has 12 heavy (non-hydrogen) atoms. The molecule has 0 saturated carbocycles. The Morgan fingerprint density at radius 1 is 1.75 bits per heavy atom. The van der Waals surface area contributed by atoms with Crippen LogP contribution < -0.4 is 5.73 Å². The van der Waals surface area contributed by atoms with Crippen molar-refractivity contribution in [3.63, 3.8) is 0 Å². The molecule has 1 rings (SSSR count). The van der Waals surface area contributed by atoms with E-state index in [-0.39, 0.29) is 6.04 Å². The van der Waals surface area contributed by atoms with Gasteiger partial charge in [-0.2, -0.15) is 0 Å². The maximum absolute atomic E-state index is 9.99. The number of hydrogen-bond donors (Lipinski definition) is 2. The van der Waals surface area contributed by atoms with Gasteiger partial charge in [0.05, 0.1) is 18.2 Å². The zero-order valence-corrected chi connectivity index (χ0v) is 7.45. The van der Waals surface area contributed by atoms with Gasteiger partial charge in [-0.1, -0.05) is 0 Å². The second-order valence-corrected chi connectivity index (χ2v) is 3.28. The minimum atomic E-state index is -0.783. The highest BCUT2D eigenvalue weighted by molar-refractivity contribution is 4.91. The number of ether oxygens (including phenoxy) is 2. The summed E-state index contributed by atoms with van der Waals surface area (Å²) in [6.45, 7) is 1.58. The van der Waals surface area contributed by atoms with Crippen LogP contribution in [0.25, 0.3) is 0 Å². The van der Waals surface area contributed by atoms with E-state index < -0.39 is 5.60 Å². The molecule has 1 aliphatic rings. The molecule has 0 aromatic heterocycles. The molecule has 4 heteroatoms. The number of methoxy groups -OCH3 is 1. The van der Waals surface area contributed by atoms with E-state index in [1.807, 2.05) is 0 Å². The molecule has 2 unspecified atom stereocenters. The highest BCUT2D eigenvalue weighted by atomic mass is 16.5. The van der Waals surface area contributed by atoms with Gasteiger partial charge in [-0.05, 0) is 0 Å². The smallest absolute Gasteiger partial charge is 0.0864 e. The molecule has 1 heterocycles. The summed E-state index contributed by atoms with van der Waals surface area (Å²) in [4.78, 5) is 0. The second kappa shape index (κ2) is 4.18. The van der Waals surface area contributed by atoms with Crippen molar-refractivity contribution < 1.29 is 14.6 Å². The number of aliphatic hydroxyl groups is 1. The molecule has 0 aromatic carbocycles. The van der Waals surface area contributed by atoms with Crippen LogP contribution in [0.3, 0.4) is 0 Å². The second-order valence-electron chi connectivity index (χ2n) is 3.28. The predicted molar refractivity (Wildman–Crippen MR) is 44.9 cm³/mol. The molecular formula is C8H17NO3. The lowest BCUT2D eigenvalue weighted by molar-refractivity contribution is -0.0923. The van der Waals surface area contributed by atoms with Crippen LogP contribution in [0.1, 0.15) is 12.8 Å². The van der Waals surface area contributed by atoms with E-state index in [2.05, 4.69) is 0 Å². The summed E-state index contributed by atoms with van der Waals surface area (Å²) < 4.78 is 10.0. The Morgan fingerprint density at radius 3 is 3.08 bits per heavy atom. The van der Waals surface area contributed by atoms with Gasteiger partial charge in [-0.3, -0.25) is 0 Å². The fourth-order valence-electron chi connectivity index (χ4n) is 1.39. The van der Waals surface area contributed by atoms with Crippen LogP contribution >= 0.6 is 0 Å². The van der Waals surface area contributed by atoms with Crippen LogP contribution in [0.4, 0.5) is 0 Å². The van der Waals surface area contributed by atoms with Crippen molar-refractivity contribution in [1.82, 2.24) is 0 Å². The van der Waals surface area contributed by atoms with Crippen molar-refractivity contribution >= 4 is 0 Å². The third kappa shape index (κ3) is 2.17. The van der Waals surface area contributed by atoms with Gasteiger partial charge in [0, 0.05) is 33.2 Å². The van der Waals surface area contributed by atoms with Gasteiger partial charge in [0.15, 0.2) is 0 Å². The molecule has 2 atom stereocenters. The van der Waals surface area contributed by atoms with E-state index in [1.165, 1.54) is 0 Å². The van der Waals surface area contributed by atoms with E-state index in [0.29, 0.717) is 32.7 Å². The molecule has 0 spiro atoms. The van der Waals surface area contributed by atoms with Gasteiger partial charge in [-0.15, -0.1) is 0 Å². The average molecular weight is 175 g/mol. The maximum Gasteiger partial charge on any atom is 0.0864 e. The topological polar surface area (TPSA) is 64.7 Å². The van der Waals surface area contributed by atoms with Gasteiger partial charge >= 0.3 is 0 Å². The SMILES string of the molecule is COCCC1(O)CCOCC1N. The quantitative estimate of drug-likeness (QED) is 0.607. The average Bonchev–Trinajstić information content (AvgIpc) is 2.07. The van der Waals surface area contributed by atoms with Crippen LogP contribution in [-0.4, -0.2) is 43.7 Å². The summed E-state index contributed by atoms with van der Waals surface area (Å²) in [5.74, 6) is 0. The Bertz CT molecular complexity index is 142. The molecule has 3 N–H and O–H groups in total. The minimum Gasteiger partial charge on any atom is -0.388 e. The Kier molecular flexibility index (Phi) is 3.46. The molecule has 4 nitrogen and oxygen atoms in total. The first-order valence-electron chi connectivity index (χ1n) is 4.24. The van der Waals surface area contributed by atoms with Crippen LogP contribution in [0.5, 0.6) is 0 Å². The molecule has 0 aliphatic carbocycles. The van der Waals surface area contributed by atoms with Gasteiger partial charge in [0.2, 0.25) is 0 Å². The fourth-order valence-corrected chi connectivity index (χ4v) is 1.39. The largest absolute Gasteiger partial charge is 0.388 e. The predicted octanol–water partition coefficient (Wildman–Crippen LogP) is -0.498. The maximum atomic E-state index is 9.99. The van der Waals surface area contributed by atoms with Crippen molar-refractivity contribution in [2.75, 3.05) is 26.9 Å². The number of rotatable bonds is 3. The Morgan fingerprint density at radius 2 is 2.50 bits per heavy atom. The summed E-state index contributed by atoms with van der Waals surface area (Å²) in [6.07, 6.45) is 1.20. The molecule has 0 aromatic rings.